The molecule has 0 spiro atoms. The van der Waals surface area contributed by atoms with Gasteiger partial charge in [-0.25, -0.2) is 4.79 Å². The highest BCUT2D eigenvalue weighted by atomic mass is 16.4. The highest BCUT2D eigenvalue weighted by molar-refractivity contribution is 6.03. The van der Waals surface area contributed by atoms with E-state index in [4.69, 9.17) is 0 Å². The minimum Gasteiger partial charge on any atom is -0.478 e. The third-order valence-corrected chi connectivity index (χ3v) is 3.51. The number of carbonyl (C=O) groups is 2. The summed E-state index contributed by atoms with van der Waals surface area (Å²) in [5.74, 6) is -0.943. The van der Waals surface area contributed by atoms with Crippen LogP contribution in [0.4, 0.5) is 0 Å². The molecular weight excluding hydrogens is 242 g/mol. The quantitative estimate of drug-likeness (QED) is 0.860. The van der Waals surface area contributed by atoms with Crippen LogP contribution in [0.25, 0.3) is 10.9 Å². The van der Waals surface area contributed by atoms with Crippen molar-refractivity contribution < 1.29 is 14.7 Å². The molecule has 1 aromatic carbocycles. The summed E-state index contributed by atoms with van der Waals surface area (Å²) in [4.78, 5) is 22.5. The van der Waals surface area contributed by atoms with Crippen LogP contribution in [-0.4, -0.2) is 21.9 Å². The fourth-order valence-corrected chi connectivity index (χ4v) is 2.66. The number of aldehydes is 1. The number of fused-ring (bicyclic) bond motifs is 1. The largest absolute Gasteiger partial charge is 0.478 e. The maximum Gasteiger partial charge on any atom is 0.336 e. The van der Waals surface area contributed by atoms with Crippen molar-refractivity contribution in [2.45, 2.75) is 33.7 Å². The molecule has 1 heterocycles. The smallest absolute Gasteiger partial charge is 0.336 e. The van der Waals surface area contributed by atoms with E-state index in [9.17, 15) is 14.7 Å². The molecule has 0 saturated heterocycles. The lowest BCUT2D eigenvalue weighted by Gasteiger charge is -2.13. The number of nitrogens with zero attached hydrogens (tertiary/aromatic N) is 1. The molecule has 0 saturated carbocycles. The Kier molecular flexibility index (Phi) is 3.18. The topological polar surface area (TPSA) is 59.3 Å². The number of rotatable bonds is 3. The van der Waals surface area contributed by atoms with Gasteiger partial charge in [-0.3, -0.25) is 4.79 Å². The Hall–Kier alpha value is -2.10. The molecule has 0 unspecified atom stereocenters. The van der Waals surface area contributed by atoms with Gasteiger partial charge in [-0.05, 0) is 45.4 Å². The molecule has 0 radical (unpaired) electrons. The second-order valence-electron chi connectivity index (χ2n) is 5.07. The van der Waals surface area contributed by atoms with E-state index in [0.29, 0.717) is 11.1 Å². The predicted octanol–water partition coefficient (Wildman–Crippen LogP) is 3.35. The Morgan fingerprint density at radius 1 is 1.32 bits per heavy atom. The van der Waals surface area contributed by atoms with Crippen molar-refractivity contribution in [1.29, 1.82) is 0 Å². The minimum atomic E-state index is -0.943. The molecule has 19 heavy (non-hydrogen) atoms. The molecule has 0 atom stereocenters. The van der Waals surface area contributed by atoms with Crippen molar-refractivity contribution in [1.82, 2.24) is 4.57 Å². The molecule has 0 aliphatic heterocycles. The molecule has 4 nitrogen and oxygen atoms in total. The number of aryl methyl sites for hydroxylation is 1. The van der Waals surface area contributed by atoms with Crippen LogP contribution in [0.15, 0.2) is 12.1 Å². The summed E-state index contributed by atoms with van der Waals surface area (Å²) < 4.78 is 2.00. The van der Waals surface area contributed by atoms with Gasteiger partial charge in [-0.2, -0.15) is 0 Å². The van der Waals surface area contributed by atoms with E-state index in [-0.39, 0.29) is 11.6 Å². The maximum atomic E-state index is 11.3. The zero-order chi connectivity index (χ0) is 14.3. The van der Waals surface area contributed by atoms with Crippen molar-refractivity contribution in [3.05, 3.63) is 34.5 Å². The van der Waals surface area contributed by atoms with E-state index in [1.54, 1.807) is 19.1 Å². The molecule has 1 N–H and O–H groups in total. The molecule has 0 amide bonds. The first-order valence-corrected chi connectivity index (χ1v) is 6.22. The van der Waals surface area contributed by atoms with Crippen molar-refractivity contribution in [3.63, 3.8) is 0 Å². The van der Waals surface area contributed by atoms with Crippen LogP contribution >= 0.6 is 0 Å². The lowest BCUT2D eigenvalue weighted by Crippen LogP contribution is -2.05. The third-order valence-electron chi connectivity index (χ3n) is 3.51. The summed E-state index contributed by atoms with van der Waals surface area (Å²) in [6, 6.07) is 3.61. The van der Waals surface area contributed by atoms with E-state index >= 15 is 0 Å². The van der Waals surface area contributed by atoms with Gasteiger partial charge in [0, 0.05) is 22.7 Å². The summed E-state index contributed by atoms with van der Waals surface area (Å²) in [7, 11) is 0. The lowest BCUT2D eigenvalue weighted by molar-refractivity contribution is 0.0696. The lowest BCUT2D eigenvalue weighted by atomic mass is 10.0. The molecule has 0 aliphatic carbocycles. The van der Waals surface area contributed by atoms with Gasteiger partial charge in [-0.1, -0.05) is 0 Å². The van der Waals surface area contributed by atoms with E-state index in [1.165, 1.54) is 0 Å². The molecule has 100 valence electrons. The maximum absolute atomic E-state index is 11.3. The Balaban J connectivity index is 2.95. The first-order chi connectivity index (χ1) is 8.88. The van der Waals surface area contributed by atoms with Crippen LogP contribution in [0.1, 0.15) is 51.9 Å². The number of hydrogen-bond acceptors (Lipinski definition) is 2. The summed E-state index contributed by atoms with van der Waals surface area (Å²) in [6.07, 6.45) is 0.844. The normalized spacial score (nSPS) is 11.2. The number of aromatic nitrogens is 1. The first kappa shape index (κ1) is 13.3. The third kappa shape index (κ3) is 1.93. The van der Waals surface area contributed by atoms with E-state index in [0.717, 1.165) is 22.9 Å². The van der Waals surface area contributed by atoms with Crippen LogP contribution < -0.4 is 0 Å². The summed E-state index contributed by atoms with van der Waals surface area (Å²) in [6.45, 7) is 7.67. The Morgan fingerprint density at radius 3 is 2.42 bits per heavy atom. The molecule has 0 fully saturated rings. The highest BCUT2D eigenvalue weighted by Gasteiger charge is 2.18. The average molecular weight is 259 g/mol. The van der Waals surface area contributed by atoms with E-state index in [2.05, 4.69) is 0 Å². The van der Waals surface area contributed by atoms with Gasteiger partial charge >= 0.3 is 5.97 Å². The predicted molar refractivity (Wildman–Crippen MR) is 74.1 cm³/mol. The number of hydrogen-bond donors (Lipinski definition) is 1. The fraction of sp³-hybridized carbons (Fsp3) is 0.333. The van der Waals surface area contributed by atoms with Crippen molar-refractivity contribution in [3.8, 4) is 0 Å². The number of carboxylic acids is 1. The molecule has 0 aliphatic rings. The zero-order valence-electron chi connectivity index (χ0n) is 11.5. The molecule has 1 aromatic heterocycles. The standard InChI is InChI=1S/C15H17NO3/c1-8(2)16-10(4)13(7-17)12-5-9(3)11(15(18)19)6-14(12)16/h5-8H,1-4H3,(H,18,19). The van der Waals surface area contributed by atoms with Gasteiger partial charge in [0.1, 0.15) is 0 Å². The summed E-state index contributed by atoms with van der Waals surface area (Å²) >= 11 is 0. The summed E-state index contributed by atoms with van der Waals surface area (Å²) in [5, 5.41) is 10.0. The number of benzene rings is 1. The monoisotopic (exact) mass is 259 g/mol. The number of carbonyl (C=O) groups excluding carboxylic acids is 1. The van der Waals surface area contributed by atoms with E-state index < -0.39 is 5.97 Å². The minimum absolute atomic E-state index is 0.167. The Morgan fingerprint density at radius 2 is 1.95 bits per heavy atom. The second kappa shape index (κ2) is 4.53. The molecular formula is C15H17NO3. The van der Waals surface area contributed by atoms with Crippen molar-refractivity contribution in [2.24, 2.45) is 0 Å². The fourth-order valence-electron chi connectivity index (χ4n) is 2.66. The Labute approximate surface area is 111 Å². The van der Waals surface area contributed by atoms with Crippen LogP contribution in [0.2, 0.25) is 0 Å². The zero-order valence-corrected chi connectivity index (χ0v) is 11.5. The van der Waals surface area contributed by atoms with Gasteiger partial charge in [0.15, 0.2) is 6.29 Å². The van der Waals surface area contributed by atoms with Gasteiger partial charge in [0.05, 0.1) is 11.1 Å². The second-order valence-corrected chi connectivity index (χ2v) is 5.07. The van der Waals surface area contributed by atoms with E-state index in [1.807, 2.05) is 25.3 Å². The first-order valence-electron chi connectivity index (χ1n) is 6.22. The van der Waals surface area contributed by atoms with Crippen molar-refractivity contribution in [2.75, 3.05) is 0 Å². The van der Waals surface area contributed by atoms with Crippen LogP contribution in [0.5, 0.6) is 0 Å². The van der Waals surface area contributed by atoms with Crippen molar-refractivity contribution >= 4 is 23.2 Å². The molecule has 2 aromatic rings. The summed E-state index contributed by atoms with van der Waals surface area (Å²) in [5.41, 5.74) is 3.27. The molecule has 4 heteroatoms. The van der Waals surface area contributed by atoms with Gasteiger partial charge in [0.2, 0.25) is 0 Å². The highest BCUT2D eigenvalue weighted by Crippen LogP contribution is 2.30. The van der Waals surface area contributed by atoms with Gasteiger partial charge in [0.25, 0.3) is 0 Å². The van der Waals surface area contributed by atoms with Crippen LogP contribution in [-0.2, 0) is 0 Å². The SMILES string of the molecule is Cc1cc2c(C=O)c(C)n(C(C)C)c2cc1C(=O)O. The molecule has 2 rings (SSSR count). The number of aromatic carboxylic acids is 1. The van der Waals surface area contributed by atoms with Crippen LogP contribution in [0, 0.1) is 13.8 Å². The van der Waals surface area contributed by atoms with Crippen LogP contribution in [0.3, 0.4) is 0 Å². The number of carboxylic acid groups (broad SMARTS) is 1. The average Bonchev–Trinajstić information content (AvgIpc) is 2.58. The van der Waals surface area contributed by atoms with Gasteiger partial charge in [-0.15, -0.1) is 0 Å². The Bertz CT molecular complexity index is 680. The molecule has 0 bridgehead atoms. The van der Waals surface area contributed by atoms with Gasteiger partial charge < -0.3 is 9.67 Å².